The number of aromatic nitrogens is 2. The number of halogens is 12. The van der Waals surface area contributed by atoms with E-state index in [0.29, 0.717) is 12.1 Å². The van der Waals surface area contributed by atoms with Crippen molar-refractivity contribution in [2.45, 2.75) is 69.3 Å². The van der Waals surface area contributed by atoms with Crippen molar-refractivity contribution < 1.29 is 73.5 Å². The van der Waals surface area contributed by atoms with Crippen LogP contribution in [0.5, 0.6) is 23.0 Å². The number of hydrogen-bond acceptors (Lipinski definition) is 8. The number of carboxylic acids is 1. The topological polar surface area (TPSA) is 146 Å². The summed E-state index contributed by atoms with van der Waals surface area (Å²) in [6, 6.07) is 13.3. The number of ether oxygens (including phenoxy) is 3. The molecule has 382 valence electrons. The molecule has 23 heteroatoms. The largest absolute Gasteiger partial charge is 0.478 e. The first-order chi connectivity index (χ1) is 33.2. The molecule has 4 unspecified atom stereocenters. The number of carboxylic acid groups (broad SMARTS) is 1. The van der Waals surface area contributed by atoms with Gasteiger partial charge in [-0.1, -0.05) is 60.8 Å². The van der Waals surface area contributed by atoms with Crippen LogP contribution in [-0.2, 0) is 36.2 Å². The molecule has 0 aliphatic heterocycles. The van der Waals surface area contributed by atoms with E-state index in [1.54, 1.807) is 0 Å². The fourth-order valence-electron chi connectivity index (χ4n) is 8.17. The first-order valence-electron chi connectivity index (χ1n) is 20.9. The normalized spacial score (nSPS) is 14.7. The maximum absolute atomic E-state index is 16.0. The van der Waals surface area contributed by atoms with Crippen molar-refractivity contribution in [3.8, 4) is 23.0 Å². The Labute approximate surface area is 417 Å². The number of hydrogen-bond donors (Lipinski definition) is 2. The van der Waals surface area contributed by atoms with Crippen molar-refractivity contribution in [1.82, 2.24) is 9.13 Å². The van der Waals surface area contributed by atoms with Gasteiger partial charge in [0.1, 0.15) is 23.0 Å². The summed E-state index contributed by atoms with van der Waals surface area (Å²) < 4.78 is 152. The van der Waals surface area contributed by atoms with E-state index < -0.39 is 103 Å². The van der Waals surface area contributed by atoms with Crippen LogP contribution in [0.25, 0.3) is 0 Å². The highest BCUT2D eigenvalue weighted by molar-refractivity contribution is 6.32. The van der Waals surface area contributed by atoms with Crippen molar-refractivity contribution in [1.29, 1.82) is 0 Å². The SMILES string of the molecule is Cc1cc(C(O)(C(C)c2ccc(Oc3ccc(C(=O)OC(c4cc(C)c(=O)n(C)c4)(C(C)c4ccc(Oc5ccc(C(=O)O)c(C(F)(F)F)c5)cc4Cl)C(F)(F)F)cc3Cl)cc2Cl)C(F)(F)F)cn(C)c1=O. The highest BCUT2D eigenvalue weighted by atomic mass is 35.5. The lowest BCUT2D eigenvalue weighted by Gasteiger charge is -2.41. The summed E-state index contributed by atoms with van der Waals surface area (Å²) in [5, 5.41) is 19.4. The zero-order chi connectivity index (χ0) is 53.8. The molecule has 4 atom stereocenters. The first-order valence-corrected chi connectivity index (χ1v) is 22.0. The van der Waals surface area contributed by atoms with Crippen LogP contribution in [0.4, 0.5) is 39.5 Å². The average molecular weight is 1080 g/mol. The highest BCUT2D eigenvalue weighted by Gasteiger charge is 2.64. The lowest BCUT2D eigenvalue weighted by Crippen LogP contribution is -2.51. The number of carbonyl (C=O) groups is 2. The maximum atomic E-state index is 16.0. The molecular formula is C49H38Cl3F9N2O9. The molecule has 0 fully saturated rings. The van der Waals surface area contributed by atoms with E-state index in [-0.39, 0.29) is 49.5 Å². The second-order valence-corrected chi connectivity index (χ2v) is 17.9. The molecule has 2 N–H and O–H groups in total. The molecule has 0 bridgehead atoms. The van der Waals surface area contributed by atoms with Gasteiger partial charge in [-0.15, -0.1) is 0 Å². The van der Waals surface area contributed by atoms with Crippen molar-refractivity contribution in [3.63, 3.8) is 0 Å². The quantitative estimate of drug-likeness (QED) is 0.0852. The molecule has 2 aromatic heterocycles. The third-order valence-corrected chi connectivity index (χ3v) is 12.9. The lowest BCUT2D eigenvalue weighted by atomic mass is 9.77. The van der Waals surface area contributed by atoms with Crippen LogP contribution in [0, 0.1) is 13.8 Å². The first kappa shape index (κ1) is 54.8. The monoisotopic (exact) mass is 1070 g/mol. The van der Waals surface area contributed by atoms with E-state index in [0.717, 1.165) is 109 Å². The standard InChI is InChI=1S/C49H38Cl3F9N2O9/c1-23-15-28(21-62(5)41(23)64)45(69,48(56,57)58)25(3)33-11-9-32(20-37(33)50)71-40-14-7-27(17-39(40)52)44(68)72-46(49(59,60)61,29-16-24(2)42(65)63(6)22-29)26(4)34-12-8-31(19-38(34)51)70-30-10-13-35(43(66)67)36(18-30)47(53,54)55/h7-22,25-26,69H,1-6H3,(H,66,67). The van der Waals surface area contributed by atoms with E-state index in [1.165, 1.54) is 27.0 Å². The fourth-order valence-corrected chi connectivity index (χ4v) is 9.05. The molecule has 6 rings (SSSR count). The van der Waals surface area contributed by atoms with Gasteiger partial charge in [-0.05, 0) is 97.8 Å². The van der Waals surface area contributed by atoms with E-state index in [2.05, 4.69) is 0 Å². The highest BCUT2D eigenvalue weighted by Crippen LogP contribution is 2.54. The van der Waals surface area contributed by atoms with Crippen molar-refractivity contribution in [3.05, 3.63) is 183 Å². The van der Waals surface area contributed by atoms with E-state index in [1.807, 2.05) is 0 Å². The minimum absolute atomic E-state index is 0.0612. The van der Waals surface area contributed by atoms with Crippen molar-refractivity contribution in [2.75, 3.05) is 0 Å². The van der Waals surface area contributed by atoms with Crippen LogP contribution in [0.2, 0.25) is 15.1 Å². The molecule has 2 heterocycles. The number of carbonyl (C=O) groups excluding carboxylic acids is 1. The van der Waals surface area contributed by atoms with E-state index in [9.17, 15) is 55.7 Å². The second kappa shape index (κ2) is 19.8. The van der Waals surface area contributed by atoms with Gasteiger partial charge in [0.15, 0.2) is 5.60 Å². The predicted molar refractivity (Wildman–Crippen MR) is 246 cm³/mol. The predicted octanol–water partition coefficient (Wildman–Crippen LogP) is 12.9. The smallest absolute Gasteiger partial charge is 0.433 e. The molecule has 0 radical (unpaired) electrons. The summed E-state index contributed by atoms with van der Waals surface area (Å²) in [6.45, 7) is 4.61. The molecule has 11 nitrogen and oxygen atoms in total. The number of alkyl halides is 9. The number of aliphatic hydroxyl groups is 1. The Balaban J connectivity index is 1.33. The zero-order valence-electron chi connectivity index (χ0n) is 38.1. The third-order valence-electron chi connectivity index (χ3n) is 12.0. The van der Waals surface area contributed by atoms with Gasteiger partial charge in [-0.25, -0.2) is 9.59 Å². The number of esters is 1. The van der Waals surface area contributed by atoms with Gasteiger partial charge >= 0.3 is 30.5 Å². The van der Waals surface area contributed by atoms with Crippen LogP contribution in [-0.4, -0.2) is 43.6 Å². The van der Waals surface area contributed by atoms with Crippen LogP contribution in [0.1, 0.15) is 85.3 Å². The average Bonchev–Trinajstić information content (AvgIpc) is 3.27. The lowest BCUT2D eigenvalue weighted by molar-refractivity contribution is -0.274. The molecule has 0 spiro atoms. The molecule has 0 saturated heterocycles. The molecule has 4 aromatic carbocycles. The summed E-state index contributed by atoms with van der Waals surface area (Å²) in [7, 11) is 2.39. The van der Waals surface area contributed by atoms with Gasteiger partial charge in [-0.3, -0.25) is 9.59 Å². The van der Waals surface area contributed by atoms with Gasteiger partial charge in [0.2, 0.25) is 5.60 Å². The molecule has 0 saturated carbocycles. The van der Waals surface area contributed by atoms with Crippen LogP contribution in [0.15, 0.2) is 107 Å². The van der Waals surface area contributed by atoms with Crippen molar-refractivity contribution >= 4 is 46.7 Å². The van der Waals surface area contributed by atoms with Gasteiger partial charge in [0.25, 0.3) is 11.1 Å². The van der Waals surface area contributed by atoms with Crippen LogP contribution in [0.3, 0.4) is 0 Å². The number of rotatable bonds is 13. The summed E-state index contributed by atoms with van der Waals surface area (Å²) >= 11 is 19.5. The van der Waals surface area contributed by atoms with E-state index in [4.69, 9.17) is 49.0 Å². The molecule has 0 aliphatic carbocycles. The maximum Gasteiger partial charge on any atom is 0.433 e. The number of aryl methyl sites for hydroxylation is 4. The van der Waals surface area contributed by atoms with Gasteiger partial charge in [0.05, 0.1) is 21.7 Å². The van der Waals surface area contributed by atoms with Gasteiger partial charge < -0.3 is 33.6 Å². The zero-order valence-corrected chi connectivity index (χ0v) is 40.3. The summed E-state index contributed by atoms with van der Waals surface area (Å²) in [4.78, 5) is 50.4. The van der Waals surface area contributed by atoms with Crippen LogP contribution >= 0.6 is 34.8 Å². The second-order valence-electron chi connectivity index (χ2n) is 16.7. The molecule has 0 aliphatic rings. The molecule has 72 heavy (non-hydrogen) atoms. The van der Waals surface area contributed by atoms with Crippen LogP contribution < -0.4 is 20.6 Å². The fraction of sp³-hybridized carbons (Fsp3) is 0.265. The number of pyridine rings is 2. The molecule has 0 amide bonds. The van der Waals surface area contributed by atoms with E-state index >= 15 is 13.2 Å². The third kappa shape index (κ3) is 10.4. The number of benzene rings is 4. The summed E-state index contributed by atoms with van der Waals surface area (Å²) in [5.74, 6) is -8.33. The number of nitrogens with zero attached hydrogens (tertiary/aromatic N) is 2. The minimum Gasteiger partial charge on any atom is -0.478 e. The Morgan fingerprint density at radius 3 is 1.57 bits per heavy atom. The molecule has 6 aromatic rings. The Kier molecular flexibility index (Phi) is 15.1. The van der Waals surface area contributed by atoms with Gasteiger partial charge in [-0.2, -0.15) is 39.5 Å². The Hall–Kier alpha value is -6.48. The Morgan fingerprint density at radius 2 is 1.10 bits per heavy atom. The van der Waals surface area contributed by atoms with Crippen molar-refractivity contribution in [2.24, 2.45) is 14.1 Å². The minimum atomic E-state index is -5.51. The van der Waals surface area contributed by atoms with Gasteiger partial charge in [0, 0.05) is 70.6 Å². The summed E-state index contributed by atoms with van der Waals surface area (Å²) in [6.07, 6.45) is -14.2. The number of aromatic carboxylic acids is 1. The molecular weight excluding hydrogens is 1040 g/mol. The Bertz CT molecular complexity index is 3190. The Morgan fingerprint density at radius 1 is 0.611 bits per heavy atom. The summed E-state index contributed by atoms with van der Waals surface area (Å²) in [5.41, 5.74) is -13.8.